The number of fused-ring (bicyclic) bond motifs is 1. The molecule has 184 valence electrons. The molecule has 0 saturated heterocycles. The molecule has 34 heavy (non-hydrogen) atoms. The number of para-hydroxylation sites is 1. The SMILES string of the molecule is CC(=O)N1CCCCCCCCN(CC(=O)N(CCO)Cc2ccccc2)Cc2ccccc21. The Kier molecular flexibility index (Phi) is 10.6. The van der Waals surface area contributed by atoms with Crippen molar-refractivity contribution in [3.8, 4) is 0 Å². The number of benzene rings is 2. The zero-order valence-corrected chi connectivity index (χ0v) is 20.5. The van der Waals surface area contributed by atoms with Crippen molar-refractivity contribution in [2.24, 2.45) is 0 Å². The van der Waals surface area contributed by atoms with E-state index in [2.05, 4.69) is 11.0 Å². The van der Waals surface area contributed by atoms with E-state index in [0.29, 0.717) is 26.2 Å². The van der Waals surface area contributed by atoms with Gasteiger partial charge in [-0.2, -0.15) is 0 Å². The second-order valence-corrected chi connectivity index (χ2v) is 9.16. The average molecular weight is 466 g/mol. The van der Waals surface area contributed by atoms with Crippen LogP contribution in [-0.2, 0) is 22.7 Å². The summed E-state index contributed by atoms with van der Waals surface area (Å²) >= 11 is 0. The minimum atomic E-state index is -0.0605. The summed E-state index contributed by atoms with van der Waals surface area (Å²) in [6, 6.07) is 18.0. The number of rotatable bonds is 6. The molecule has 2 aromatic carbocycles. The molecule has 1 aliphatic rings. The van der Waals surface area contributed by atoms with Crippen LogP contribution in [0, 0.1) is 0 Å². The summed E-state index contributed by atoms with van der Waals surface area (Å²) in [5.74, 6) is 0.0741. The van der Waals surface area contributed by atoms with Crippen molar-refractivity contribution < 1.29 is 14.7 Å². The molecule has 2 aromatic rings. The lowest BCUT2D eigenvalue weighted by molar-refractivity contribution is -0.133. The maximum absolute atomic E-state index is 13.3. The third-order valence-corrected chi connectivity index (χ3v) is 6.46. The summed E-state index contributed by atoms with van der Waals surface area (Å²) in [4.78, 5) is 31.6. The Bertz CT molecular complexity index is 903. The molecule has 1 aliphatic heterocycles. The largest absolute Gasteiger partial charge is 0.395 e. The van der Waals surface area contributed by atoms with Crippen molar-refractivity contribution in [2.75, 3.05) is 37.7 Å². The Morgan fingerprint density at radius 1 is 0.882 bits per heavy atom. The van der Waals surface area contributed by atoms with Gasteiger partial charge in [-0.1, -0.05) is 74.2 Å². The Morgan fingerprint density at radius 3 is 2.24 bits per heavy atom. The number of carbonyl (C=O) groups excluding carboxylic acids is 2. The minimum absolute atomic E-state index is 0.0168. The van der Waals surface area contributed by atoms with Gasteiger partial charge in [0.1, 0.15) is 0 Å². The predicted molar refractivity (Wildman–Crippen MR) is 136 cm³/mol. The summed E-state index contributed by atoms with van der Waals surface area (Å²) in [5, 5.41) is 9.57. The molecule has 0 unspecified atom stereocenters. The first kappa shape index (κ1) is 25.9. The normalized spacial score (nSPS) is 16.0. The molecule has 1 N–H and O–H groups in total. The van der Waals surface area contributed by atoms with E-state index < -0.39 is 0 Å². The molecular formula is C28H39N3O3. The smallest absolute Gasteiger partial charge is 0.237 e. The number of aliphatic hydroxyl groups is 1. The molecule has 0 fully saturated rings. The van der Waals surface area contributed by atoms with Gasteiger partial charge in [-0.05, 0) is 36.6 Å². The molecule has 0 aromatic heterocycles. The van der Waals surface area contributed by atoms with Crippen LogP contribution in [0.4, 0.5) is 5.69 Å². The maximum Gasteiger partial charge on any atom is 0.237 e. The van der Waals surface area contributed by atoms with Crippen molar-refractivity contribution >= 4 is 17.5 Å². The monoisotopic (exact) mass is 465 g/mol. The zero-order valence-electron chi connectivity index (χ0n) is 20.5. The molecule has 0 saturated carbocycles. The maximum atomic E-state index is 13.3. The first-order valence-corrected chi connectivity index (χ1v) is 12.6. The van der Waals surface area contributed by atoms with Crippen LogP contribution in [0.15, 0.2) is 54.6 Å². The van der Waals surface area contributed by atoms with Crippen LogP contribution in [0.3, 0.4) is 0 Å². The van der Waals surface area contributed by atoms with Crippen LogP contribution in [0.5, 0.6) is 0 Å². The van der Waals surface area contributed by atoms with E-state index in [1.54, 1.807) is 11.8 Å². The zero-order chi connectivity index (χ0) is 24.2. The molecule has 0 aliphatic carbocycles. The number of anilines is 1. The third kappa shape index (κ3) is 7.96. The number of carbonyl (C=O) groups is 2. The van der Waals surface area contributed by atoms with Crippen molar-refractivity contribution in [1.29, 1.82) is 0 Å². The van der Waals surface area contributed by atoms with Crippen molar-refractivity contribution in [3.05, 3.63) is 65.7 Å². The topological polar surface area (TPSA) is 64.1 Å². The molecule has 3 rings (SSSR count). The standard InChI is InChI=1S/C28H39N3O3/c1-24(33)31-18-12-5-3-2-4-11-17-29(22-26-15-9-10-16-27(26)31)23-28(34)30(19-20-32)21-25-13-7-6-8-14-25/h6-10,13-16,32H,2-5,11-12,17-23H2,1H3. The quantitative estimate of drug-likeness (QED) is 0.694. The second-order valence-electron chi connectivity index (χ2n) is 9.16. The van der Waals surface area contributed by atoms with Gasteiger partial charge < -0.3 is 14.9 Å². The lowest BCUT2D eigenvalue weighted by atomic mass is 10.1. The van der Waals surface area contributed by atoms with E-state index >= 15 is 0 Å². The van der Waals surface area contributed by atoms with E-state index in [4.69, 9.17) is 0 Å². The van der Waals surface area contributed by atoms with Gasteiger partial charge in [-0.3, -0.25) is 14.5 Å². The fraction of sp³-hybridized carbons (Fsp3) is 0.500. The fourth-order valence-corrected chi connectivity index (χ4v) is 4.63. The van der Waals surface area contributed by atoms with Gasteiger partial charge in [-0.25, -0.2) is 0 Å². The molecule has 0 bridgehead atoms. The summed E-state index contributed by atoms with van der Waals surface area (Å²) in [6.45, 7) is 4.84. The van der Waals surface area contributed by atoms with Crippen LogP contribution >= 0.6 is 0 Å². The third-order valence-electron chi connectivity index (χ3n) is 6.46. The van der Waals surface area contributed by atoms with E-state index in [1.165, 1.54) is 12.8 Å². The Labute approximate surface area is 204 Å². The summed E-state index contributed by atoms with van der Waals surface area (Å²) in [7, 11) is 0. The number of amides is 2. The molecule has 2 amide bonds. The van der Waals surface area contributed by atoms with Crippen LogP contribution in [0.25, 0.3) is 0 Å². The summed E-state index contributed by atoms with van der Waals surface area (Å²) in [5.41, 5.74) is 3.07. The number of nitrogens with zero attached hydrogens (tertiary/aromatic N) is 3. The first-order chi connectivity index (χ1) is 16.6. The summed E-state index contributed by atoms with van der Waals surface area (Å²) in [6.07, 6.45) is 6.68. The molecule has 1 heterocycles. The first-order valence-electron chi connectivity index (χ1n) is 12.6. The number of hydrogen-bond acceptors (Lipinski definition) is 4. The second kappa shape index (κ2) is 13.9. The molecular weight excluding hydrogens is 426 g/mol. The molecule has 6 heteroatoms. The average Bonchev–Trinajstić information content (AvgIpc) is 2.85. The van der Waals surface area contributed by atoms with Crippen LogP contribution in [0.1, 0.15) is 56.6 Å². The van der Waals surface area contributed by atoms with Gasteiger partial charge in [0.2, 0.25) is 11.8 Å². The van der Waals surface area contributed by atoms with E-state index in [1.807, 2.05) is 53.4 Å². The Balaban J connectivity index is 1.79. The van der Waals surface area contributed by atoms with Gasteiger partial charge in [0.15, 0.2) is 0 Å². The fourth-order valence-electron chi connectivity index (χ4n) is 4.63. The highest BCUT2D eigenvalue weighted by Gasteiger charge is 2.21. The Hall–Kier alpha value is -2.70. The number of hydrogen-bond donors (Lipinski definition) is 1. The predicted octanol–water partition coefficient (Wildman–Crippen LogP) is 4.22. The van der Waals surface area contributed by atoms with Crippen molar-refractivity contribution in [1.82, 2.24) is 9.80 Å². The van der Waals surface area contributed by atoms with Gasteiger partial charge in [-0.15, -0.1) is 0 Å². The molecule has 6 nitrogen and oxygen atoms in total. The van der Waals surface area contributed by atoms with Crippen molar-refractivity contribution in [3.63, 3.8) is 0 Å². The van der Waals surface area contributed by atoms with Crippen molar-refractivity contribution in [2.45, 2.75) is 58.5 Å². The minimum Gasteiger partial charge on any atom is -0.395 e. The summed E-state index contributed by atoms with van der Waals surface area (Å²) < 4.78 is 0. The lowest BCUT2D eigenvalue weighted by Crippen LogP contribution is -2.41. The van der Waals surface area contributed by atoms with E-state index in [9.17, 15) is 14.7 Å². The van der Waals surface area contributed by atoms with Crippen LogP contribution in [0.2, 0.25) is 0 Å². The van der Waals surface area contributed by atoms with Gasteiger partial charge in [0.05, 0.1) is 13.2 Å². The molecule has 0 spiro atoms. The van der Waals surface area contributed by atoms with Gasteiger partial charge in [0, 0.05) is 38.8 Å². The number of aliphatic hydroxyl groups excluding tert-OH is 1. The highest BCUT2D eigenvalue weighted by atomic mass is 16.3. The molecule has 0 atom stereocenters. The highest BCUT2D eigenvalue weighted by Crippen LogP contribution is 2.24. The highest BCUT2D eigenvalue weighted by molar-refractivity contribution is 5.92. The van der Waals surface area contributed by atoms with Gasteiger partial charge >= 0.3 is 0 Å². The van der Waals surface area contributed by atoms with Crippen LogP contribution in [-0.4, -0.2) is 59.5 Å². The van der Waals surface area contributed by atoms with E-state index in [-0.39, 0.29) is 18.4 Å². The van der Waals surface area contributed by atoms with E-state index in [0.717, 1.165) is 55.6 Å². The Morgan fingerprint density at radius 2 is 1.53 bits per heavy atom. The van der Waals surface area contributed by atoms with Crippen LogP contribution < -0.4 is 4.90 Å². The van der Waals surface area contributed by atoms with Gasteiger partial charge in [0.25, 0.3) is 0 Å². The lowest BCUT2D eigenvalue weighted by Gasteiger charge is -2.29. The molecule has 0 radical (unpaired) electrons.